The van der Waals surface area contributed by atoms with Gasteiger partial charge in [-0.1, -0.05) is 0 Å². The van der Waals surface area contributed by atoms with Crippen LogP contribution in [0.2, 0.25) is 0 Å². The molecule has 1 aromatic heterocycles. The van der Waals surface area contributed by atoms with Crippen LogP contribution in [0.1, 0.15) is 10.5 Å². The molecule has 0 saturated carbocycles. The number of aromatic nitrogens is 1. The van der Waals surface area contributed by atoms with E-state index >= 15 is 0 Å². The summed E-state index contributed by atoms with van der Waals surface area (Å²) in [5.41, 5.74) is 0.537. The van der Waals surface area contributed by atoms with E-state index < -0.39 is 0 Å². The second kappa shape index (κ2) is 4.90. The molecule has 0 spiro atoms. The Balaban J connectivity index is 1.73. The molecule has 1 fully saturated rings. The molecule has 1 saturated heterocycles. The molecule has 3 amide bonds. The molecule has 17 heavy (non-hydrogen) atoms. The van der Waals surface area contributed by atoms with Crippen LogP contribution in [0.5, 0.6) is 0 Å². The molecule has 0 bridgehead atoms. The first kappa shape index (κ1) is 11.5. The summed E-state index contributed by atoms with van der Waals surface area (Å²) < 4.78 is 0. The maximum absolute atomic E-state index is 11.6. The fourth-order valence-corrected chi connectivity index (χ4v) is 1.78. The van der Waals surface area contributed by atoms with E-state index in [1.54, 1.807) is 35.2 Å². The van der Waals surface area contributed by atoms with Crippen molar-refractivity contribution in [3.05, 3.63) is 24.0 Å². The van der Waals surface area contributed by atoms with Crippen molar-refractivity contribution in [2.45, 2.75) is 0 Å². The summed E-state index contributed by atoms with van der Waals surface area (Å²) in [4.78, 5) is 29.3. The maximum Gasteiger partial charge on any atom is 0.319 e. The van der Waals surface area contributed by atoms with E-state index in [-0.39, 0.29) is 11.9 Å². The van der Waals surface area contributed by atoms with Gasteiger partial charge in [-0.05, 0) is 12.1 Å². The normalized spacial score (nSPS) is 15.5. The minimum Gasteiger partial charge on any atom is -0.357 e. The summed E-state index contributed by atoms with van der Waals surface area (Å²) in [6, 6.07) is 3.51. The minimum absolute atomic E-state index is 0.0270. The highest BCUT2D eigenvalue weighted by molar-refractivity contribution is 5.92. The van der Waals surface area contributed by atoms with E-state index in [2.05, 4.69) is 10.3 Å². The van der Waals surface area contributed by atoms with Gasteiger partial charge in [-0.3, -0.25) is 4.79 Å². The molecule has 0 unspecified atom stereocenters. The lowest BCUT2D eigenvalue weighted by atomic mass is 10.4. The average Bonchev–Trinajstić information content (AvgIpc) is 2.93. The number of carbonyl (C=O) groups is 2. The van der Waals surface area contributed by atoms with Gasteiger partial charge < -0.3 is 20.1 Å². The molecule has 6 heteroatoms. The third-order valence-electron chi connectivity index (χ3n) is 2.81. The summed E-state index contributed by atoms with van der Waals surface area (Å²) in [6.07, 6.45) is 1.70. The van der Waals surface area contributed by atoms with Crippen molar-refractivity contribution >= 4 is 11.9 Å². The first-order chi connectivity index (χ1) is 8.18. The van der Waals surface area contributed by atoms with Crippen LogP contribution >= 0.6 is 0 Å². The van der Waals surface area contributed by atoms with E-state index in [0.29, 0.717) is 18.8 Å². The Morgan fingerprint density at radius 1 is 1.53 bits per heavy atom. The van der Waals surface area contributed by atoms with Crippen molar-refractivity contribution in [2.75, 3.05) is 33.2 Å². The highest BCUT2D eigenvalue weighted by atomic mass is 16.2. The molecule has 92 valence electrons. The van der Waals surface area contributed by atoms with Crippen molar-refractivity contribution in [2.24, 2.45) is 0 Å². The van der Waals surface area contributed by atoms with Crippen molar-refractivity contribution in [1.29, 1.82) is 0 Å². The molecule has 1 aliphatic rings. The molecule has 0 atom stereocenters. The smallest absolute Gasteiger partial charge is 0.319 e. The largest absolute Gasteiger partial charge is 0.357 e. The Morgan fingerprint density at radius 2 is 2.35 bits per heavy atom. The van der Waals surface area contributed by atoms with Gasteiger partial charge in [-0.2, -0.15) is 0 Å². The number of H-pyrrole nitrogens is 1. The van der Waals surface area contributed by atoms with Crippen molar-refractivity contribution in [1.82, 2.24) is 20.1 Å². The third-order valence-corrected chi connectivity index (χ3v) is 2.81. The number of urea groups is 1. The number of rotatable bonds is 4. The average molecular weight is 236 g/mol. The van der Waals surface area contributed by atoms with Crippen LogP contribution in [-0.4, -0.2) is 59.9 Å². The fraction of sp³-hybridized carbons (Fsp3) is 0.455. The Kier molecular flexibility index (Phi) is 3.32. The van der Waals surface area contributed by atoms with E-state index in [1.807, 2.05) is 0 Å². The number of nitrogens with one attached hydrogen (secondary N) is 2. The molecule has 2 N–H and O–H groups in total. The van der Waals surface area contributed by atoms with Gasteiger partial charge in [0.25, 0.3) is 5.91 Å². The molecule has 2 rings (SSSR count). The van der Waals surface area contributed by atoms with Gasteiger partial charge in [0.2, 0.25) is 0 Å². The lowest BCUT2D eigenvalue weighted by molar-refractivity contribution is 0.0945. The quantitative estimate of drug-likeness (QED) is 0.779. The third kappa shape index (κ3) is 2.58. The minimum atomic E-state index is -0.144. The maximum atomic E-state index is 11.6. The molecule has 0 radical (unpaired) electrons. The van der Waals surface area contributed by atoms with E-state index in [4.69, 9.17) is 0 Å². The predicted molar refractivity (Wildman–Crippen MR) is 62.7 cm³/mol. The highest BCUT2D eigenvalue weighted by Gasteiger charge is 2.24. The van der Waals surface area contributed by atoms with Gasteiger partial charge >= 0.3 is 6.03 Å². The SMILES string of the molecule is CN1CCN(CCNC(=O)c2ccc[nH]2)C1=O. The summed E-state index contributed by atoms with van der Waals surface area (Å²) in [5, 5.41) is 2.76. The zero-order chi connectivity index (χ0) is 12.3. The van der Waals surface area contributed by atoms with Gasteiger partial charge in [-0.15, -0.1) is 0 Å². The molecule has 0 aliphatic carbocycles. The Morgan fingerprint density at radius 3 is 2.94 bits per heavy atom. The van der Waals surface area contributed by atoms with Gasteiger partial charge in [0, 0.05) is 39.4 Å². The van der Waals surface area contributed by atoms with Crippen LogP contribution in [-0.2, 0) is 0 Å². The zero-order valence-electron chi connectivity index (χ0n) is 9.77. The molecule has 2 heterocycles. The van der Waals surface area contributed by atoms with Gasteiger partial charge in [0.1, 0.15) is 5.69 Å². The topological polar surface area (TPSA) is 68.4 Å². The second-order valence-corrected chi connectivity index (χ2v) is 4.03. The van der Waals surface area contributed by atoms with Crippen LogP contribution in [0.25, 0.3) is 0 Å². The number of likely N-dealkylation sites (N-methyl/N-ethyl adjacent to an activating group) is 1. The number of amides is 3. The van der Waals surface area contributed by atoms with Crippen molar-refractivity contribution in [3.63, 3.8) is 0 Å². The van der Waals surface area contributed by atoms with Crippen LogP contribution in [0.15, 0.2) is 18.3 Å². The fourth-order valence-electron chi connectivity index (χ4n) is 1.78. The van der Waals surface area contributed by atoms with Gasteiger partial charge in [0.05, 0.1) is 0 Å². The molecule has 0 aromatic carbocycles. The van der Waals surface area contributed by atoms with Gasteiger partial charge in [-0.25, -0.2) is 4.79 Å². The van der Waals surface area contributed by atoms with Crippen LogP contribution in [0.4, 0.5) is 4.79 Å². The van der Waals surface area contributed by atoms with Crippen molar-refractivity contribution in [3.8, 4) is 0 Å². The predicted octanol–water partition coefficient (Wildman–Crippen LogP) is 0.112. The van der Waals surface area contributed by atoms with Crippen LogP contribution < -0.4 is 5.32 Å². The van der Waals surface area contributed by atoms with Crippen LogP contribution in [0, 0.1) is 0 Å². The van der Waals surface area contributed by atoms with E-state index in [9.17, 15) is 9.59 Å². The van der Waals surface area contributed by atoms with E-state index in [0.717, 1.165) is 13.1 Å². The van der Waals surface area contributed by atoms with Gasteiger partial charge in [0.15, 0.2) is 0 Å². The zero-order valence-corrected chi connectivity index (χ0v) is 9.77. The summed E-state index contributed by atoms with van der Waals surface area (Å²) in [5.74, 6) is -0.144. The second-order valence-electron chi connectivity index (χ2n) is 4.03. The molecular weight excluding hydrogens is 220 g/mol. The van der Waals surface area contributed by atoms with Crippen molar-refractivity contribution < 1.29 is 9.59 Å². The summed E-state index contributed by atoms with van der Waals surface area (Å²) in [6.45, 7) is 2.50. The van der Waals surface area contributed by atoms with E-state index in [1.165, 1.54) is 0 Å². The number of carbonyl (C=O) groups excluding carboxylic acids is 2. The van der Waals surface area contributed by atoms with Crippen LogP contribution in [0.3, 0.4) is 0 Å². The monoisotopic (exact) mass is 236 g/mol. The molecule has 1 aliphatic heterocycles. The lowest BCUT2D eigenvalue weighted by Gasteiger charge is -2.15. The molecule has 6 nitrogen and oxygen atoms in total. The highest BCUT2D eigenvalue weighted by Crippen LogP contribution is 2.04. The summed E-state index contributed by atoms with van der Waals surface area (Å²) >= 11 is 0. The number of hydrogen-bond acceptors (Lipinski definition) is 2. The Bertz CT molecular complexity index is 402. The lowest BCUT2D eigenvalue weighted by Crippen LogP contribution is -2.37. The Labute approximate surface area is 99.6 Å². The Hall–Kier alpha value is -1.98. The first-order valence-corrected chi connectivity index (χ1v) is 5.60. The summed E-state index contributed by atoms with van der Waals surface area (Å²) in [7, 11) is 1.78. The number of hydrogen-bond donors (Lipinski definition) is 2. The number of aromatic amines is 1. The number of nitrogens with zero attached hydrogens (tertiary/aromatic N) is 2. The standard InChI is InChI=1S/C11H16N4O2/c1-14-7-8-15(11(14)17)6-5-13-10(16)9-3-2-4-12-9/h2-4,12H,5-8H2,1H3,(H,13,16). The molecular formula is C11H16N4O2. The molecule has 1 aromatic rings. The first-order valence-electron chi connectivity index (χ1n) is 5.60.